The van der Waals surface area contributed by atoms with Crippen molar-refractivity contribution >= 4 is 29.0 Å². The van der Waals surface area contributed by atoms with Crippen molar-refractivity contribution in [3.05, 3.63) is 42.6 Å². The van der Waals surface area contributed by atoms with Gasteiger partial charge in [-0.2, -0.15) is 0 Å². The molecule has 0 fully saturated rings. The van der Waals surface area contributed by atoms with Crippen LogP contribution in [0.15, 0.2) is 42.6 Å². The molecule has 1 aromatic heterocycles. The fourth-order valence-corrected chi connectivity index (χ4v) is 1.77. The fraction of sp³-hybridized carbons (Fsp3) is 0.250. The van der Waals surface area contributed by atoms with E-state index in [1.54, 1.807) is 39.1 Å². The molecule has 4 N–H and O–H groups in total. The highest BCUT2D eigenvalue weighted by molar-refractivity contribution is 5.84. The minimum atomic E-state index is -0.554. The van der Waals surface area contributed by atoms with E-state index in [0.717, 1.165) is 11.4 Å². The molecule has 6 nitrogen and oxygen atoms in total. The SMILES string of the molecule is CC(C)(C)OC(=O)Nc1cc(Nc2cccc(N)c2)ccn1. The minimum absolute atomic E-state index is 0.406. The van der Waals surface area contributed by atoms with Gasteiger partial charge in [0.1, 0.15) is 11.4 Å². The van der Waals surface area contributed by atoms with E-state index < -0.39 is 11.7 Å². The van der Waals surface area contributed by atoms with E-state index in [0.29, 0.717) is 11.5 Å². The Morgan fingerprint density at radius 1 is 1.18 bits per heavy atom. The van der Waals surface area contributed by atoms with E-state index in [2.05, 4.69) is 15.6 Å². The molecule has 1 amide bonds. The van der Waals surface area contributed by atoms with E-state index in [1.807, 2.05) is 24.3 Å². The molecule has 0 aliphatic heterocycles. The Labute approximate surface area is 129 Å². The molecule has 0 spiro atoms. The number of anilines is 4. The summed E-state index contributed by atoms with van der Waals surface area (Å²) in [6.07, 6.45) is 1.06. The van der Waals surface area contributed by atoms with Crippen molar-refractivity contribution in [3.63, 3.8) is 0 Å². The number of amides is 1. The highest BCUT2D eigenvalue weighted by atomic mass is 16.6. The Bertz CT molecular complexity index is 665. The zero-order chi connectivity index (χ0) is 16.2. The minimum Gasteiger partial charge on any atom is -0.444 e. The number of carbonyl (C=O) groups is 1. The van der Waals surface area contributed by atoms with Crippen LogP contribution in [0, 0.1) is 0 Å². The number of nitrogens with one attached hydrogen (secondary N) is 2. The van der Waals surface area contributed by atoms with Gasteiger partial charge in [-0.15, -0.1) is 0 Å². The lowest BCUT2D eigenvalue weighted by molar-refractivity contribution is 0.0635. The van der Waals surface area contributed by atoms with Crippen LogP contribution in [0.3, 0.4) is 0 Å². The number of pyridine rings is 1. The van der Waals surface area contributed by atoms with Gasteiger partial charge in [0.05, 0.1) is 0 Å². The Morgan fingerprint density at radius 3 is 2.59 bits per heavy atom. The number of rotatable bonds is 3. The summed E-state index contributed by atoms with van der Waals surface area (Å²) in [5, 5.41) is 5.79. The summed E-state index contributed by atoms with van der Waals surface area (Å²) in [7, 11) is 0. The predicted molar refractivity (Wildman–Crippen MR) is 88.2 cm³/mol. The van der Waals surface area contributed by atoms with Gasteiger partial charge in [0, 0.05) is 29.3 Å². The second-order valence-electron chi connectivity index (χ2n) is 5.81. The van der Waals surface area contributed by atoms with E-state index in [1.165, 1.54) is 0 Å². The molecule has 2 aromatic rings. The maximum Gasteiger partial charge on any atom is 0.413 e. The Morgan fingerprint density at radius 2 is 1.91 bits per heavy atom. The van der Waals surface area contributed by atoms with E-state index in [-0.39, 0.29) is 0 Å². The molecule has 0 aliphatic rings. The number of nitrogen functional groups attached to an aromatic ring is 1. The number of benzene rings is 1. The molecule has 0 aliphatic carbocycles. The molecule has 0 radical (unpaired) electrons. The molecule has 22 heavy (non-hydrogen) atoms. The Hall–Kier alpha value is -2.76. The summed E-state index contributed by atoms with van der Waals surface area (Å²) in [6.45, 7) is 5.41. The second-order valence-corrected chi connectivity index (χ2v) is 5.81. The van der Waals surface area contributed by atoms with Gasteiger partial charge in [-0.1, -0.05) is 6.07 Å². The van der Waals surface area contributed by atoms with E-state index in [9.17, 15) is 4.79 Å². The lowest BCUT2D eigenvalue weighted by Crippen LogP contribution is -2.27. The Kier molecular flexibility index (Phi) is 4.50. The predicted octanol–water partition coefficient (Wildman–Crippen LogP) is 3.75. The smallest absolute Gasteiger partial charge is 0.413 e. The first-order chi connectivity index (χ1) is 10.3. The average molecular weight is 300 g/mol. The van der Waals surface area contributed by atoms with Crippen molar-refractivity contribution in [2.45, 2.75) is 26.4 Å². The van der Waals surface area contributed by atoms with Gasteiger partial charge in [0.2, 0.25) is 0 Å². The number of aromatic nitrogens is 1. The molecule has 0 bridgehead atoms. The lowest BCUT2D eigenvalue weighted by atomic mass is 10.2. The molecular weight excluding hydrogens is 280 g/mol. The molecule has 0 unspecified atom stereocenters. The van der Waals surface area contributed by atoms with E-state index in [4.69, 9.17) is 10.5 Å². The average Bonchev–Trinajstić information content (AvgIpc) is 2.36. The van der Waals surface area contributed by atoms with Gasteiger partial charge in [0.15, 0.2) is 0 Å². The molecule has 1 heterocycles. The Balaban J connectivity index is 2.05. The summed E-state index contributed by atoms with van der Waals surface area (Å²) in [4.78, 5) is 15.8. The zero-order valence-electron chi connectivity index (χ0n) is 12.9. The first kappa shape index (κ1) is 15.6. The topological polar surface area (TPSA) is 89.3 Å². The highest BCUT2D eigenvalue weighted by Gasteiger charge is 2.16. The van der Waals surface area contributed by atoms with Crippen molar-refractivity contribution in [1.29, 1.82) is 0 Å². The van der Waals surface area contributed by atoms with Gasteiger partial charge in [-0.3, -0.25) is 5.32 Å². The van der Waals surface area contributed by atoms with Crippen molar-refractivity contribution in [2.24, 2.45) is 0 Å². The van der Waals surface area contributed by atoms with Crippen molar-refractivity contribution in [1.82, 2.24) is 4.98 Å². The normalized spacial score (nSPS) is 10.9. The van der Waals surface area contributed by atoms with Gasteiger partial charge < -0.3 is 15.8 Å². The first-order valence-electron chi connectivity index (χ1n) is 6.90. The lowest BCUT2D eigenvalue weighted by Gasteiger charge is -2.19. The third kappa shape index (κ3) is 4.97. The molecule has 2 rings (SSSR count). The van der Waals surface area contributed by atoms with Crippen LogP contribution in [-0.4, -0.2) is 16.7 Å². The van der Waals surface area contributed by atoms with Crippen LogP contribution in [-0.2, 0) is 4.74 Å². The molecule has 116 valence electrons. The zero-order valence-corrected chi connectivity index (χ0v) is 12.9. The third-order valence-corrected chi connectivity index (χ3v) is 2.56. The summed E-state index contributed by atoms with van der Waals surface area (Å²) >= 11 is 0. The summed E-state index contributed by atoms with van der Waals surface area (Å²) in [5.41, 5.74) is 7.50. The van der Waals surface area contributed by atoms with Gasteiger partial charge in [0.25, 0.3) is 0 Å². The summed E-state index contributed by atoms with van der Waals surface area (Å²) in [5.74, 6) is 0.406. The highest BCUT2D eigenvalue weighted by Crippen LogP contribution is 2.20. The number of nitrogens with two attached hydrogens (primary N) is 1. The van der Waals surface area contributed by atoms with Gasteiger partial charge in [-0.25, -0.2) is 9.78 Å². The molecule has 1 aromatic carbocycles. The maximum absolute atomic E-state index is 11.7. The van der Waals surface area contributed by atoms with E-state index >= 15 is 0 Å². The first-order valence-corrected chi connectivity index (χ1v) is 6.90. The molecule has 6 heteroatoms. The van der Waals surface area contributed by atoms with Crippen LogP contribution in [0.2, 0.25) is 0 Å². The quantitative estimate of drug-likeness (QED) is 0.751. The maximum atomic E-state index is 11.7. The van der Waals surface area contributed by atoms with Gasteiger partial charge in [-0.05, 0) is 45.0 Å². The van der Waals surface area contributed by atoms with Crippen LogP contribution in [0.25, 0.3) is 0 Å². The van der Waals surface area contributed by atoms with Crippen LogP contribution in [0.4, 0.5) is 27.7 Å². The molecule has 0 saturated heterocycles. The van der Waals surface area contributed by atoms with Gasteiger partial charge >= 0.3 is 6.09 Å². The molecule has 0 saturated carbocycles. The molecular formula is C16H20N4O2. The van der Waals surface area contributed by atoms with Crippen LogP contribution >= 0.6 is 0 Å². The largest absolute Gasteiger partial charge is 0.444 e. The number of carbonyl (C=O) groups excluding carboxylic acids is 1. The number of hydrogen-bond donors (Lipinski definition) is 3. The summed E-state index contributed by atoms with van der Waals surface area (Å²) in [6, 6.07) is 10.9. The number of hydrogen-bond acceptors (Lipinski definition) is 5. The fourth-order valence-electron chi connectivity index (χ4n) is 1.77. The second kappa shape index (κ2) is 6.34. The number of ether oxygens (including phenoxy) is 1. The third-order valence-electron chi connectivity index (χ3n) is 2.56. The van der Waals surface area contributed by atoms with Crippen molar-refractivity contribution in [3.8, 4) is 0 Å². The standard InChI is InChI=1S/C16H20N4O2/c1-16(2,3)22-15(21)20-14-10-13(7-8-18-14)19-12-6-4-5-11(17)9-12/h4-10H,17H2,1-3H3,(H2,18,19,20,21). The number of nitrogens with zero attached hydrogens (tertiary/aromatic N) is 1. The summed E-state index contributed by atoms with van der Waals surface area (Å²) < 4.78 is 5.19. The molecule has 0 atom stereocenters. The van der Waals surface area contributed by atoms with Crippen molar-refractivity contribution < 1.29 is 9.53 Å². The monoisotopic (exact) mass is 300 g/mol. The van der Waals surface area contributed by atoms with Crippen LogP contribution in [0.5, 0.6) is 0 Å². The van der Waals surface area contributed by atoms with Crippen LogP contribution in [0.1, 0.15) is 20.8 Å². The van der Waals surface area contributed by atoms with Crippen molar-refractivity contribution in [2.75, 3.05) is 16.4 Å². The van der Waals surface area contributed by atoms with Crippen LogP contribution < -0.4 is 16.4 Å².